The Morgan fingerprint density at radius 1 is 1.07 bits per heavy atom. The van der Waals surface area contributed by atoms with Crippen LogP contribution in [0.15, 0.2) is 60.7 Å². The Labute approximate surface area is 246 Å². The summed E-state index contributed by atoms with van der Waals surface area (Å²) in [4.78, 5) is 26.4. The number of carbonyl (C=O) groups excluding carboxylic acids is 1. The van der Waals surface area contributed by atoms with Gasteiger partial charge in [0.25, 0.3) is 0 Å². The standard InChI is InChI=1S/C29H31N5O2.C2HF3O2/c1-33(2)13-14-34(3)20-8-5-18(6-9-20)27-22-11-7-19(15-26(22)31-32-27)24-17-29(24)23-16-21(36-4)10-12-25(23)30-28(29)35;3-2(4,5)1(6)7/h5-12,15-16,24H,13-14,17H2,1-4H3,(H,30,35)(H,31,32);(H,6,7)/t24-,29-;/m0./s1. The van der Waals surface area contributed by atoms with E-state index in [1.807, 2.05) is 18.2 Å². The van der Waals surface area contributed by atoms with E-state index in [9.17, 15) is 18.0 Å². The van der Waals surface area contributed by atoms with E-state index in [1.165, 1.54) is 5.69 Å². The average molecular weight is 596 g/mol. The minimum atomic E-state index is -5.08. The van der Waals surface area contributed by atoms with Gasteiger partial charge >= 0.3 is 12.1 Å². The van der Waals surface area contributed by atoms with Gasteiger partial charge in [0.15, 0.2) is 0 Å². The van der Waals surface area contributed by atoms with Crippen LogP contribution < -0.4 is 15.0 Å². The third-order valence-electron chi connectivity index (χ3n) is 8.02. The van der Waals surface area contributed by atoms with Crippen molar-refractivity contribution in [2.24, 2.45) is 0 Å². The zero-order valence-corrected chi connectivity index (χ0v) is 24.1. The van der Waals surface area contributed by atoms with Crippen molar-refractivity contribution in [3.05, 3.63) is 71.8 Å². The molecule has 4 aromatic rings. The van der Waals surface area contributed by atoms with Crippen LogP contribution in [0.2, 0.25) is 0 Å². The van der Waals surface area contributed by atoms with E-state index in [2.05, 4.69) is 88.9 Å². The molecular formula is C31H32F3N5O4. The topological polar surface area (TPSA) is 111 Å². The molecule has 9 nitrogen and oxygen atoms in total. The van der Waals surface area contributed by atoms with Crippen molar-refractivity contribution in [3.63, 3.8) is 0 Å². The number of nitrogens with zero attached hydrogens (tertiary/aromatic N) is 3. The number of carboxylic acid groups (broad SMARTS) is 1. The Kier molecular flexibility index (Phi) is 7.82. The predicted octanol–water partition coefficient (Wildman–Crippen LogP) is 5.25. The molecule has 1 saturated carbocycles. The molecule has 1 fully saturated rings. The minimum absolute atomic E-state index is 0.0804. The number of halogens is 3. The van der Waals surface area contributed by atoms with E-state index in [0.717, 1.165) is 64.2 Å². The SMILES string of the molecule is COc1ccc2c(c1)[C@]1(C[C@H]1c1ccc3c(-c4ccc(N(C)CCN(C)C)cc4)n[nH]c3c1)C(=O)N2.O=C(O)C(F)(F)F. The van der Waals surface area contributed by atoms with Gasteiger partial charge < -0.3 is 25.0 Å². The Bertz CT molecular complexity index is 1670. The fraction of sp³-hybridized carbons (Fsp3) is 0.323. The van der Waals surface area contributed by atoms with Gasteiger partial charge in [-0.15, -0.1) is 0 Å². The van der Waals surface area contributed by atoms with Gasteiger partial charge in [-0.25, -0.2) is 4.79 Å². The van der Waals surface area contributed by atoms with Crippen molar-refractivity contribution in [3.8, 4) is 17.0 Å². The molecule has 1 aliphatic heterocycles. The molecule has 2 heterocycles. The number of hydrogen-bond donors (Lipinski definition) is 3. The highest BCUT2D eigenvalue weighted by molar-refractivity contribution is 6.10. The zero-order chi connectivity index (χ0) is 31.1. The molecule has 0 radical (unpaired) electrons. The first kappa shape index (κ1) is 29.9. The van der Waals surface area contributed by atoms with Crippen LogP contribution in [0.5, 0.6) is 5.75 Å². The summed E-state index contributed by atoms with van der Waals surface area (Å²) in [5, 5.41) is 19.1. The van der Waals surface area contributed by atoms with Crippen LogP contribution >= 0.6 is 0 Å². The summed E-state index contributed by atoms with van der Waals surface area (Å²) in [5.74, 6) is -1.76. The fourth-order valence-electron chi connectivity index (χ4n) is 5.53. The average Bonchev–Trinajstić information content (AvgIpc) is 3.50. The van der Waals surface area contributed by atoms with Crippen molar-refractivity contribution in [1.82, 2.24) is 15.1 Å². The Hall–Kier alpha value is -4.58. The van der Waals surface area contributed by atoms with Crippen LogP contribution in [0.4, 0.5) is 24.5 Å². The summed E-state index contributed by atoms with van der Waals surface area (Å²) < 4.78 is 37.2. The molecule has 3 N–H and O–H groups in total. The third-order valence-corrected chi connectivity index (χ3v) is 8.02. The maximum atomic E-state index is 13.0. The van der Waals surface area contributed by atoms with Crippen LogP contribution in [0.1, 0.15) is 23.5 Å². The maximum Gasteiger partial charge on any atom is 0.490 e. The van der Waals surface area contributed by atoms with Gasteiger partial charge in [0.2, 0.25) is 5.91 Å². The fourth-order valence-corrected chi connectivity index (χ4v) is 5.53. The lowest BCUT2D eigenvalue weighted by atomic mass is 9.91. The van der Waals surface area contributed by atoms with Crippen LogP contribution in [-0.4, -0.2) is 79.6 Å². The number of alkyl halides is 3. The molecule has 6 rings (SSSR count). The monoisotopic (exact) mass is 595 g/mol. The molecule has 0 bridgehead atoms. The smallest absolute Gasteiger partial charge is 0.490 e. The highest BCUT2D eigenvalue weighted by Crippen LogP contribution is 2.65. The maximum absolute atomic E-state index is 13.0. The number of fused-ring (bicyclic) bond motifs is 3. The normalized spacial score (nSPS) is 18.7. The lowest BCUT2D eigenvalue weighted by molar-refractivity contribution is -0.192. The lowest BCUT2D eigenvalue weighted by Crippen LogP contribution is -2.28. The molecule has 12 heteroatoms. The number of aromatic amines is 1. The summed E-state index contributed by atoms with van der Waals surface area (Å²) in [6.07, 6.45) is -4.28. The number of benzene rings is 3. The number of nitrogens with one attached hydrogen (secondary N) is 2. The number of methoxy groups -OCH3 is 1. The van der Waals surface area contributed by atoms with E-state index in [0.29, 0.717) is 0 Å². The number of H-pyrrole nitrogens is 1. The summed E-state index contributed by atoms with van der Waals surface area (Å²) in [6.45, 7) is 1.98. The third kappa shape index (κ3) is 5.74. The summed E-state index contributed by atoms with van der Waals surface area (Å²) >= 11 is 0. The predicted molar refractivity (Wildman–Crippen MR) is 158 cm³/mol. The van der Waals surface area contributed by atoms with Crippen LogP contribution in [0, 0.1) is 0 Å². The van der Waals surface area contributed by atoms with Crippen LogP contribution in [0.25, 0.3) is 22.2 Å². The summed E-state index contributed by atoms with van der Waals surface area (Å²) in [5.41, 5.74) is 6.78. The van der Waals surface area contributed by atoms with E-state index in [1.54, 1.807) is 7.11 Å². The Morgan fingerprint density at radius 2 is 1.77 bits per heavy atom. The first-order valence-corrected chi connectivity index (χ1v) is 13.6. The van der Waals surface area contributed by atoms with Crippen LogP contribution in [0.3, 0.4) is 0 Å². The van der Waals surface area contributed by atoms with Gasteiger partial charge in [0.1, 0.15) is 5.75 Å². The molecule has 3 aromatic carbocycles. The number of rotatable bonds is 7. The van der Waals surface area contributed by atoms with Crippen molar-refractivity contribution in [2.45, 2.75) is 23.9 Å². The first-order chi connectivity index (χ1) is 20.3. The van der Waals surface area contributed by atoms with Gasteiger partial charge in [-0.2, -0.15) is 18.3 Å². The number of carbonyl (C=O) groups is 2. The molecule has 2 atom stereocenters. The number of amides is 1. The van der Waals surface area contributed by atoms with E-state index >= 15 is 0 Å². The van der Waals surface area contributed by atoms with E-state index in [-0.39, 0.29) is 11.8 Å². The van der Waals surface area contributed by atoms with Crippen molar-refractivity contribution < 1.29 is 32.6 Å². The Balaban J connectivity index is 0.000000472. The molecular weight excluding hydrogens is 563 g/mol. The highest BCUT2D eigenvalue weighted by Gasteiger charge is 2.65. The summed E-state index contributed by atoms with van der Waals surface area (Å²) in [6, 6.07) is 20.8. The van der Waals surface area contributed by atoms with Gasteiger partial charge in [0.05, 0.1) is 23.7 Å². The number of aliphatic carboxylic acids is 1. The van der Waals surface area contributed by atoms with Crippen molar-refractivity contribution in [2.75, 3.05) is 51.6 Å². The second-order valence-electron chi connectivity index (χ2n) is 11.0. The quantitative estimate of drug-likeness (QED) is 0.268. The molecule has 2 aliphatic rings. The lowest BCUT2D eigenvalue weighted by Gasteiger charge is -2.21. The van der Waals surface area contributed by atoms with Gasteiger partial charge in [0, 0.05) is 48.4 Å². The molecule has 0 unspecified atom stereocenters. The molecule has 1 aromatic heterocycles. The molecule has 1 aliphatic carbocycles. The molecule has 226 valence electrons. The van der Waals surface area contributed by atoms with Crippen LogP contribution in [-0.2, 0) is 15.0 Å². The Morgan fingerprint density at radius 3 is 2.40 bits per heavy atom. The molecule has 1 spiro atoms. The second kappa shape index (κ2) is 11.3. The minimum Gasteiger partial charge on any atom is -0.497 e. The highest BCUT2D eigenvalue weighted by atomic mass is 19.4. The largest absolute Gasteiger partial charge is 0.497 e. The van der Waals surface area contributed by atoms with E-state index in [4.69, 9.17) is 14.6 Å². The number of aromatic nitrogens is 2. The second-order valence-corrected chi connectivity index (χ2v) is 11.0. The van der Waals surface area contributed by atoms with Crippen molar-refractivity contribution in [1.29, 1.82) is 0 Å². The number of hydrogen-bond acceptors (Lipinski definition) is 6. The van der Waals surface area contributed by atoms with Gasteiger partial charge in [-0.3, -0.25) is 9.89 Å². The van der Waals surface area contributed by atoms with E-state index < -0.39 is 17.6 Å². The number of likely N-dealkylation sites (N-methyl/N-ethyl adjacent to an activating group) is 2. The first-order valence-electron chi connectivity index (χ1n) is 13.6. The molecule has 43 heavy (non-hydrogen) atoms. The van der Waals surface area contributed by atoms with Gasteiger partial charge in [-0.1, -0.05) is 24.3 Å². The zero-order valence-electron chi connectivity index (χ0n) is 24.1. The number of anilines is 2. The van der Waals surface area contributed by atoms with Crippen molar-refractivity contribution >= 4 is 34.2 Å². The summed E-state index contributed by atoms with van der Waals surface area (Å²) in [7, 11) is 7.96. The van der Waals surface area contributed by atoms with Gasteiger partial charge in [-0.05, 0) is 68.0 Å². The number of carboxylic acids is 1. The molecule has 1 amide bonds. The molecule has 0 saturated heterocycles. The number of ether oxygens (including phenoxy) is 1.